The van der Waals surface area contributed by atoms with Crippen LogP contribution in [-0.4, -0.2) is 12.4 Å². The third-order valence-electron chi connectivity index (χ3n) is 6.56. The summed E-state index contributed by atoms with van der Waals surface area (Å²) in [6.45, 7) is 0.691. The van der Waals surface area contributed by atoms with Crippen molar-refractivity contribution in [2.24, 2.45) is 0 Å². The van der Waals surface area contributed by atoms with Crippen molar-refractivity contribution in [3.05, 3.63) is 112 Å². The smallest absolute Gasteiger partial charge is 0.411 e. The van der Waals surface area contributed by atoms with Gasteiger partial charge < -0.3 is 15.2 Å². The zero-order valence-electron chi connectivity index (χ0n) is 21.8. The number of nitrogens with two attached hydrogens (primary N) is 1. The van der Waals surface area contributed by atoms with Gasteiger partial charge in [-0.1, -0.05) is 24.3 Å². The van der Waals surface area contributed by atoms with Gasteiger partial charge in [0.1, 0.15) is 17.2 Å². The van der Waals surface area contributed by atoms with Gasteiger partial charge in [-0.25, -0.2) is 17.6 Å². The lowest BCUT2D eigenvalue weighted by Crippen LogP contribution is -2.54. The van der Waals surface area contributed by atoms with Crippen molar-refractivity contribution < 1.29 is 70.9 Å². The minimum atomic E-state index is -6.17. The zero-order valence-corrected chi connectivity index (χ0v) is 21.8. The highest BCUT2D eigenvalue weighted by Gasteiger charge is 2.72. The van der Waals surface area contributed by atoms with Crippen LogP contribution in [0.4, 0.5) is 67.2 Å². The van der Waals surface area contributed by atoms with E-state index in [4.69, 9.17) is 5.73 Å². The Morgan fingerprint density at radius 2 is 0.756 bits per heavy atom. The van der Waals surface area contributed by atoms with E-state index in [1.54, 1.807) is 0 Å². The number of hydrogen-bond acceptors (Lipinski definition) is 3. The highest BCUT2D eigenvalue weighted by molar-refractivity contribution is 5.51. The maximum absolute atomic E-state index is 14.4. The molecule has 0 atom stereocenters. The van der Waals surface area contributed by atoms with Crippen molar-refractivity contribution in [2.75, 3.05) is 5.73 Å². The van der Waals surface area contributed by atoms with Gasteiger partial charge in [0.2, 0.25) is 40.2 Å². The van der Waals surface area contributed by atoms with Gasteiger partial charge in [-0.3, -0.25) is 0 Å². The summed E-state index contributed by atoms with van der Waals surface area (Å²) in [6, 6.07) is 2.40. The number of halogens is 14. The van der Waals surface area contributed by atoms with Crippen molar-refractivity contribution in [1.82, 2.24) is 0 Å². The van der Waals surface area contributed by atoms with Crippen molar-refractivity contribution in [3.8, 4) is 23.0 Å². The minimum absolute atomic E-state index is 0.198. The molecule has 0 unspecified atom stereocenters. The molecule has 0 aliphatic heterocycles. The molecule has 0 spiro atoms. The molecular formula is C28H13F14NO2. The molecule has 0 radical (unpaired) electrons. The normalized spacial score (nSPS) is 12.4. The lowest BCUT2D eigenvalue weighted by atomic mass is 9.73. The third kappa shape index (κ3) is 5.33. The number of rotatable bonds is 6. The summed E-state index contributed by atoms with van der Waals surface area (Å²) >= 11 is 0. The maximum Gasteiger partial charge on any atom is 0.411 e. The second-order valence-corrected chi connectivity index (χ2v) is 9.21. The van der Waals surface area contributed by atoms with Crippen LogP contribution in [0.3, 0.4) is 0 Å². The topological polar surface area (TPSA) is 44.5 Å². The molecular weight excluding hydrogens is 648 g/mol. The van der Waals surface area contributed by atoms with Crippen molar-refractivity contribution in [1.29, 1.82) is 0 Å². The highest BCUT2D eigenvalue weighted by Crippen LogP contribution is 2.56. The first-order valence-electron chi connectivity index (χ1n) is 11.9. The van der Waals surface area contributed by atoms with Gasteiger partial charge in [-0.15, -0.1) is 0 Å². The van der Waals surface area contributed by atoms with Crippen molar-refractivity contribution >= 4 is 5.69 Å². The van der Waals surface area contributed by atoms with Crippen molar-refractivity contribution in [2.45, 2.75) is 24.7 Å². The van der Waals surface area contributed by atoms with Crippen LogP contribution in [0.2, 0.25) is 0 Å². The standard InChI is InChI=1S/C28H13F14NO2/c1-10-15(29)19(33)24(20(34)16(10)30)44-13-6-2-11(3-7-13)26(27(37,38)39,28(40,41)42)12-4-8-14(9-5-12)45-25-21(35)17(31)23(43)18(32)22(25)36/h2-9H,43H2,1H3. The number of benzene rings is 4. The molecule has 0 aliphatic rings. The second-order valence-electron chi connectivity index (χ2n) is 9.21. The number of ether oxygens (including phenoxy) is 2. The zero-order chi connectivity index (χ0) is 33.8. The number of anilines is 1. The Labute approximate surface area is 242 Å². The Balaban J connectivity index is 1.78. The summed E-state index contributed by atoms with van der Waals surface area (Å²) in [4.78, 5) is 0. The Morgan fingerprint density at radius 1 is 0.467 bits per heavy atom. The molecule has 0 saturated carbocycles. The summed E-state index contributed by atoms with van der Waals surface area (Å²) in [6.07, 6.45) is -12.3. The second kappa shape index (κ2) is 11.3. The first kappa shape index (κ1) is 33.2. The number of alkyl halides is 6. The molecule has 4 aromatic carbocycles. The van der Waals surface area contributed by atoms with Gasteiger partial charge in [0, 0.05) is 5.56 Å². The van der Waals surface area contributed by atoms with E-state index in [0.717, 1.165) is 0 Å². The van der Waals surface area contributed by atoms with Gasteiger partial charge in [0.15, 0.2) is 23.3 Å². The number of hydrogen-bond donors (Lipinski definition) is 1. The van der Waals surface area contributed by atoms with Crippen LogP contribution < -0.4 is 15.2 Å². The van der Waals surface area contributed by atoms with Crippen LogP contribution in [0.25, 0.3) is 0 Å². The molecule has 4 aromatic rings. The van der Waals surface area contributed by atoms with E-state index in [2.05, 4.69) is 9.47 Å². The first-order valence-corrected chi connectivity index (χ1v) is 11.9. The lowest BCUT2D eigenvalue weighted by molar-refractivity contribution is -0.288. The first-order chi connectivity index (χ1) is 20.7. The third-order valence-corrected chi connectivity index (χ3v) is 6.56. The highest BCUT2D eigenvalue weighted by atomic mass is 19.4. The predicted octanol–water partition coefficient (Wildman–Crippen LogP) is 9.69. The summed E-state index contributed by atoms with van der Waals surface area (Å²) in [5.41, 5.74) is -5.68. The molecule has 4 rings (SSSR count). The average Bonchev–Trinajstić information content (AvgIpc) is 2.97. The van der Waals surface area contributed by atoms with Gasteiger partial charge in [-0.2, -0.15) is 43.9 Å². The molecule has 0 heterocycles. The molecule has 0 aliphatic carbocycles. The van der Waals surface area contributed by atoms with Crippen LogP contribution in [0.5, 0.6) is 23.0 Å². The van der Waals surface area contributed by atoms with Crippen LogP contribution in [0.1, 0.15) is 16.7 Å². The van der Waals surface area contributed by atoms with Gasteiger partial charge in [0.05, 0.1) is 0 Å². The lowest BCUT2D eigenvalue weighted by Gasteiger charge is -2.38. The van der Waals surface area contributed by atoms with E-state index in [1.807, 2.05) is 0 Å². The fraction of sp³-hybridized carbons (Fsp3) is 0.143. The molecule has 240 valence electrons. The number of nitrogen functional groups attached to an aromatic ring is 1. The van der Waals surface area contributed by atoms with E-state index in [0.29, 0.717) is 31.2 Å². The minimum Gasteiger partial charge on any atom is -0.451 e. The molecule has 45 heavy (non-hydrogen) atoms. The van der Waals surface area contributed by atoms with E-state index in [-0.39, 0.29) is 24.3 Å². The quantitative estimate of drug-likeness (QED) is 0.127. The van der Waals surface area contributed by atoms with Crippen molar-refractivity contribution in [3.63, 3.8) is 0 Å². The average molecular weight is 661 g/mol. The molecule has 0 fully saturated rings. The summed E-state index contributed by atoms with van der Waals surface area (Å²) in [5.74, 6) is -21.3. The Morgan fingerprint density at radius 3 is 1.04 bits per heavy atom. The fourth-order valence-corrected chi connectivity index (χ4v) is 4.29. The Hall–Kier alpha value is -4.70. The molecule has 0 amide bonds. The fourth-order valence-electron chi connectivity index (χ4n) is 4.29. The molecule has 17 heteroatoms. The van der Waals surface area contributed by atoms with Gasteiger partial charge in [0.25, 0.3) is 0 Å². The summed E-state index contributed by atoms with van der Waals surface area (Å²) in [5, 5.41) is 0. The molecule has 0 saturated heterocycles. The summed E-state index contributed by atoms with van der Waals surface area (Å²) < 4.78 is 208. The SMILES string of the molecule is Cc1c(F)c(F)c(Oc2ccc(C(c3ccc(Oc4c(F)c(F)c(N)c(F)c4F)cc3)(C(F)(F)F)C(F)(F)F)cc2)c(F)c1F. The largest absolute Gasteiger partial charge is 0.451 e. The van der Waals surface area contributed by atoms with Crippen LogP contribution in [0, 0.1) is 53.5 Å². The summed E-state index contributed by atoms with van der Waals surface area (Å²) in [7, 11) is 0. The molecule has 2 N–H and O–H groups in total. The molecule has 0 aromatic heterocycles. The van der Waals surface area contributed by atoms with E-state index < -0.39 is 110 Å². The van der Waals surface area contributed by atoms with Crippen LogP contribution >= 0.6 is 0 Å². The maximum atomic E-state index is 14.4. The van der Waals surface area contributed by atoms with Crippen LogP contribution in [-0.2, 0) is 5.41 Å². The monoisotopic (exact) mass is 661 g/mol. The molecule has 3 nitrogen and oxygen atoms in total. The molecule has 0 bridgehead atoms. The van der Waals surface area contributed by atoms with Gasteiger partial charge >= 0.3 is 12.4 Å². The predicted molar refractivity (Wildman–Crippen MR) is 128 cm³/mol. The van der Waals surface area contributed by atoms with Crippen LogP contribution in [0.15, 0.2) is 48.5 Å². The Bertz CT molecular complexity index is 1580. The van der Waals surface area contributed by atoms with E-state index >= 15 is 0 Å². The van der Waals surface area contributed by atoms with E-state index in [1.165, 1.54) is 0 Å². The van der Waals surface area contributed by atoms with E-state index in [9.17, 15) is 61.5 Å². The van der Waals surface area contributed by atoms with Gasteiger partial charge in [-0.05, 0) is 42.3 Å². The Kier molecular flexibility index (Phi) is 8.37.